The number of ether oxygens (including phenoxy) is 1. The van der Waals surface area contributed by atoms with Gasteiger partial charge in [0.2, 0.25) is 0 Å². The summed E-state index contributed by atoms with van der Waals surface area (Å²) in [6.45, 7) is 1.70. The van der Waals surface area contributed by atoms with E-state index in [4.69, 9.17) is 27.9 Å². The Hall–Kier alpha value is -4.73. The first-order valence-electron chi connectivity index (χ1n) is 12.3. The molecule has 0 aliphatic rings. The van der Waals surface area contributed by atoms with E-state index in [1.807, 2.05) is 0 Å². The van der Waals surface area contributed by atoms with Crippen LogP contribution in [0.4, 0.5) is 35.0 Å². The summed E-state index contributed by atoms with van der Waals surface area (Å²) in [6.07, 6.45) is -0.723. The maximum Gasteiger partial charge on any atom is 0.420 e. The number of hydrogen-bond acceptors (Lipinski definition) is 7. The van der Waals surface area contributed by atoms with Crippen molar-refractivity contribution in [2.45, 2.75) is 19.2 Å². The summed E-state index contributed by atoms with van der Waals surface area (Å²) < 4.78 is 49.8. The van der Waals surface area contributed by atoms with Crippen LogP contribution in [0.15, 0.2) is 61.2 Å². The van der Waals surface area contributed by atoms with Gasteiger partial charge in [-0.05, 0) is 31.2 Å². The number of amides is 3. The van der Waals surface area contributed by atoms with E-state index in [2.05, 4.69) is 36.1 Å². The van der Waals surface area contributed by atoms with Crippen LogP contribution < -0.4 is 16.0 Å². The molecule has 0 fully saturated rings. The van der Waals surface area contributed by atoms with Gasteiger partial charge in [0.25, 0.3) is 5.91 Å². The Balaban J connectivity index is 1.37. The Morgan fingerprint density at radius 3 is 2.51 bits per heavy atom. The van der Waals surface area contributed by atoms with Crippen LogP contribution >= 0.6 is 23.2 Å². The predicted molar refractivity (Wildman–Crippen MR) is 152 cm³/mol. The number of hydrogen-bond donors (Lipinski definition) is 3. The van der Waals surface area contributed by atoms with Gasteiger partial charge in [-0.25, -0.2) is 24.0 Å². The summed E-state index contributed by atoms with van der Waals surface area (Å²) >= 11 is 11.9. The molecule has 0 unspecified atom stereocenters. The monoisotopic (exact) mass is 633 g/mol. The molecule has 1 atom stereocenters. The van der Waals surface area contributed by atoms with Gasteiger partial charge < -0.3 is 20.7 Å². The van der Waals surface area contributed by atoms with Crippen LogP contribution in [0.3, 0.4) is 0 Å². The zero-order valence-electron chi connectivity index (χ0n) is 22.1. The second-order valence-corrected chi connectivity index (χ2v) is 9.81. The summed E-state index contributed by atoms with van der Waals surface area (Å²) in [5, 5.41) is 16.0. The number of aromatic nitrogens is 6. The average molecular weight is 634 g/mol. The van der Waals surface area contributed by atoms with Crippen LogP contribution in [0, 0.1) is 0 Å². The minimum Gasteiger partial charge on any atom is -0.375 e. The summed E-state index contributed by atoms with van der Waals surface area (Å²) in [7, 11) is 1.45. The predicted octanol–water partition coefficient (Wildman–Crippen LogP) is 6.24. The highest BCUT2D eigenvalue weighted by atomic mass is 35.5. The zero-order valence-corrected chi connectivity index (χ0v) is 23.7. The van der Waals surface area contributed by atoms with Crippen molar-refractivity contribution in [3.8, 4) is 5.82 Å². The second kappa shape index (κ2) is 11.9. The molecule has 0 aliphatic carbocycles. The van der Waals surface area contributed by atoms with Gasteiger partial charge in [0.15, 0.2) is 16.6 Å². The molecule has 0 bridgehead atoms. The molecule has 3 N–H and O–H groups in total. The van der Waals surface area contributed by atoms with Crippen molar-refractivity contribution in [2.75, 3.05) is 23.1 Å². The summed E-state index contributed by atoms with van der Waals surface area (Å²) in [6, 6.07) is 7.48. The molecule has 0 radical (unpaired) electrons. The first kappa shape index (κ1) is 29.8. The summed E-state index contributed by atoms with van der Waals surface area (Å²) in [5.74, 6) is -1.12. The van der Waals surface area contributed by atoms with E-state index in [1.165, 1.54) is 48.4 Å². The summed E-state index contributed by atoms with van der Waals surface area (Å²) in [5.41, 5.74) is -0.103. The topological polar surface area (TPSA) is 140 Å². The van der Waals surface area contributed by atoms with Gasteiger partial charge in [-0.2, -0.15) is 23.4 Å². The number of anilines is 3. The maximum absolute atomic E-state index is 14.1. The molecule has 12 nitrogen and oxygen atoms in total. The molecule has 1 aromatic carbocycles. The minimum atomic E-state index is -4.87. The molecule has 17 heteroatoms. The van der Waals surface area contributed by atoms with E-state index in [1.54, 1.807) is 19.1 Å². The van der Waals surface area contributed by atoms with Gasteiger partial charge in [0.1, 0.15) is 5.56 Å². The fourth-order valence-corrected chi connectivity index (χ4v) is 4.42. The fourth-order valence-electron chi connectivity index (χ4n) is 4.06. The molecule has 43 heavy (non-hydrogen) atoms. The lowest BCUT2D eigenvalue weighted by Gasteiger charge is -2.17. The number of methoxy groups -OCH3 is 1. The number of urea groups is 1. The highest BCUT2D eigenvalue weighted by Crippen LogP contribution is 2.35. The van der Waals surface area contributed by atoms with Crippen molar-refractivity contribution in [2.24, 2.45) is 0 Å². The van der Waals surface area contributed by atoms with Crippen LogP contribution in [0.25, 0.3) is 11.5 Å². The summed E-state index contributed by atoms with van der Waals surface area (Å²) in [4.78, 5) is 33.4. The van der Waals surface area contributed by atoms with Crippen LogP contribution in [-0.2, 0) is 10.9 Å². The average Bonchev–Trinajstić information content (AvgIpc) is 3.57. The van der Waals surface area contributed by atoms with Gasteiger partial charge in [-0.3, -0.25) is 4.79 Å². The number of nitrogens with zero attached hydrogens (tertiary/aromatic N) is 6. The zero-order chi connectivity index (χ0) is 30.9. The van der Waals surface area contributed by atoms with Gasteiger partial charge >= 0.3 is 12.2 Å². The molecule has 5 aromatic rings. The number of rotatable bonds is 7. The normalized spacial score (nSPS) is 12.3. The molecule has 4 aromatic heterocycles. The standard InChI is InChI=1S/C26H20Cl2F3N9O3/c1-13(43-2)22-19(11-32-21-8-20(28)38-40(21)22)37-25(42)36-16-7-18(26(29,30)31)23(33-9-16)39-12-17(10-34-39)35-24(41)14-4-3-5-15(27)6-14/h3-13H,1-2H3,(H,35,41)(H2,36,37,42)/t13-/m0/s1. The van der Waals surface area contributed by atoms with Crippen molar-refractivity contribution in [1.29, 1.82) is 0 Å². The van der Waals surface area contributed by atoms with Crippen molar-refractivity contribution >= 4 is 57.8 Å². The van der Waals surface area contributed by atoms with Crippen LogP contribution in [-0.4, -0.2) is 48.4 Å². The number of carbonyl (C=O) groups excluding carboxylic acids is 2. The molecule has 0 aliphatic heterocycles. The molecule has 0 saturated carbocycles. The SMILES string of the molecule is CO[C@@H](C)c1c(NC(=O)Nc2cnc(-n3cc(NC(=O)c4cccc(Cl)c4)cn3)c(C(F)(F)F)c2)cnc2cc(Cl)nn12. The van der Waals surface area contributed by atoms with Crippen molar-refractivity contribution < 1.29 is 27.5 Å². The van der Waals surface area contributed by atoms with E-state index in [-0.39, 0.29) is 27.8 Å². The Morgan fingerprint density at radius 2 is 1.79 bits per heavy atom. The highest BCUT2D eigenvalue weighted by molar-refractivity contribution is 6.31. The lowest BCUT2D eigenvalue weighted by atomic mass is 10.2. The molecule has 4 heterocycles. The number of benzene rings is 1. The largest absolute Gasteiger partial charge is 0.420 e. The van der Waals surface area contributed by atoms with Crippen molar-refractivity contribution in [1.82, 2.24) is 29.4 Å². The molecule has 0 spiro atoms. The van der Waals surface area contributed by atoms with Gasteiger partial charge in [-0.1, -0.05) is 29.3 Å². The van der Waals surface area contributed by atoms with E-state index in [9.17, 15) is 22.8 Å². The third-order valence-electron chi connectivity index (χ3n) is 6.05. The van der Waals surface area contributed by atoms with E-state index >= 15 is 0 Å². The van der Waals surface area contributed by atoms with Gasteiger partial charge in [0, 0.05) is 23.8 Å². The van der Waals surface area contributed by atoms with Crippen LogP contribution in [0.5, 0.6) is 0 Å². The molecule has 3 amide bonds. The molecule has 222 valence electrons. The number of halogens is 5. The van der Waals surface area contributed by atoms with E-state index < -0.39 is 35.6 Å². The lowest BCUT2D eigenvalue weighted by Crippen LogP contribution is -2.23. The third-order valence-corrected chi connectivity index (χ3v) is 6.47. The van der Waals surface area contributed by atoms with Crippen LogP contribution in [0.1, 0.15) is 34.6 Å². The molecule has 0 saturated heterocycles. The maximum atomic E-state index is 14.1. The number of carbonyl (C=O) groups is 2. The number of pyridine rings is 1. The van der Waals surface area contributed by atoms with Gasteiger partial charge in [0.05, 0.1) is 53.6 Å². The van der Waals surface area contributed by atoms with Crippen molar-refractivity contribution in [3.63, 3.8) is 0 Å². The third kappa shape index (κ3) is 6.53. The highest BCUT2D eigenvalue weighted by Gasteiger charge is 2.36. The Kier molecular flexibility index (Phi) is 8.21. The first-order chi connectivity index (χ1) is 20.4. The lowest BCUT2D eigenvalue weighted by molar-refractivity contribution is -0.137. The number of alkyl halides is 3. The van der Waals surface area contributed by atoms with Crippen molar-refractivity contribution in [3.05, 3.63) is 88.2 Å². The molecular formula is C26H20Cl2F3N9O3. The minimum absolute atomic E-state index is 0.117. The van der Waals surface area contributed by atoms with E-state index in [0.29, 0.717) is 22.4 Å². The Morgan fingerprint density at radius 1 is 1.00 bits per heavy atom. The second-order valence-electron chi connectivity index (χ2n) is 8.98. The Bertz CT molecular complexity index is 1840. The number of fused-ring (bicyclic) bond motifs is 1. The Labute approximate surface area is 250 Å². The molecule has 5 rings (SSSR count). The van der Waals surface area contributed by atoms with Gasteiger partial charge in [-0.15, -0.1) is 0 Å². The van der Waals surface area contributed by atoms with Crippen LogP contribution in [0.2, 0.25) is 10.2 Å². The first-order valence-corrected chi connectivity index (χ1v) is 13.0. The smallest absolute Gasteiger partial charge is 0.375 e. The van der Waals surface area contributed by atoms with E-state index in [0.717, 1.165) is 10.9 Å². The number of nitrogens with one attached hydrogen (secondary N) is 3. The molecular weight excluding hydrogens is 614 g/mol. The quantitative estimate of drug-likeness (QED) is 0.193. The fraction of sp³-hybridized carbons (Fsp3) is 0.154.